The topological polar surface area (TPSA) is 86.6 Å². The van der Waals surface area contributed by atoms with Crippen molar-refractivity contribution in [2.45, 2.75) is 26.3 Å². The highest BCUT2D eigenvalue weighted by molar-refractivity contribution is 9.10. The number of phenolic OH excluding ortho intramolecular Hbond substituents is 1. The van der Waals surface area contributed by atoms with E-state index in [0.29, 0.717) is 10.9 Å². The Labute approximate surface area is 119 Å². The Hall–Kier alpha value is -1.56. The number of nitrogens with one attached hydrogen (secondary N) is 1. The molecule has 1 rings (SSSR count). The highest BCUT2D eigenvalue weighted by Crippen LogP contribution is 2.22. The molecule has 6 heteroatoms. The molecular weight excluding hydrogens is 314 g/mol. The Morgan fingerprint density at radius 2 is 2.05 bits per heavy atom. The molecule has 1 unspecified atom stereocenters. The van der Waals surface area contributed by atoms with Crippen LogP contribution in [0.4, 0.5) is 0 Å². The summed E-state index contributed by atoms with van der Waals surface area (Å²) in [5.74, 6) is -2.07. The fraction of sp³-hybridized carbons (Fsp3) is 0.385. The second-order valence-corrected chi connectivity index (χ2v) is 5.25. The van der Waals surface area contributed by atoms with Gasteiger partial charge in [-0.05, 0) is 24.1 Å². The van der Waals surface area contributed by atoms with Gasteiger partial charge in [-0.1, -0.05) is 36.2 Å². The zero-order chi connectivity index (χ0) is 14.6. The second-order valence-electron chi connectivity index (χ2n) is 4.34. The summed E-state index contributed by atoms with van der Waals surface area (Å²) in [6, 6.07) is 3.45. The van der Waals surface area contributed by atoms with Crippen LogP contribution in [0.2, 0.25) is 0 Å². The summed E-state index contributed by atoms with van der Waals surface area (Å²) in [4.78, 5) is 23.1. The van der Waals surface area contributed by atoms with Crippen molar-refractivity contribution in [3.8, 4) is 5.75 Å². The quantitative estimate of drug-likeness (QED) is 0.774. The number of halogens is 1. The lowest BCUT2D eigenvalue weighted by Crippen LogP contribution is -2.45. The van der Waals surface area contributed by atoms with Gasteiger partial charge >= 0.3 is 5.97 Å². The first-order valence-corrected chi connectivity index (χ1v) is 6.68. The average Bonchev–Trinajstić information content (AvgIpc) is 2.34. The van der Waals surface area contributed by atoms with E-state index < -0.39 is 17.9 Å². The van der Waals surface area contributed by atoms with E-state index >= 15 is 0 Å². The van der Waals surface area contributed by atoms with E-state index in [4.69, 9.17) is 5.11 Å². The summed E-state index contributed by atoms with van der Waals surface area (Å²) in [5.41, 5.74) is 0.0535. The lowest BCUT2D eigenvalue weighted by molar-refractivity contribution is -0.140. The molecular formula is C13H16BrNO4. The van der Waals surface area contributed by atoms with Crippen molar-refractivity contribution in [2.75, 3.05) is 0 Å². The number of hydrogen-bond acceptors (Lipinski definition) is 3. The van der Waals surface area contributed by atoms with E-state index in [1.807, 2.05) is 6.92 Å². The number of aliphatic carboxylic acids is 1. The molecule has 3 N–H and O–H groups in total. The van der Waals surface area contributed by atoms with Gasteiger partial charge in [0.15, 0.2) is 0 Å². The van der Waals surface area contributed by atoms with Crippen LogP contribution in [0.1, 0.15) is 30.6 Å². The van der Waals surface area contributed by atoms with Crippen molar-refractivity contribution in [1.82, 2.24) is 5.32 Å². The number of carboxylic acids is 1. The van der Waals surface area contributed by atoms with Crippen LogP contribution < -0.4 is 5.32 Å². The Morgan fingerprint density at radius 1 is 1.42 bits per heavy atom. The number of carbonyl (C=O) groups is 2. The molecule has 0 aliphatic heterocycles. The van der Waals surface area contributed by atoms with Crippen LogP contribution in [-0.4, -0.2) is 28.1 Å². The van der Waals surface area contributed by atoms with Crippen molar-refractivity contribution in [3.63, 3.8) is 0 Å². The van der Waals surface area contributed by atoms with Crippen LogP contribution in [0.15, 0.2) is 22.7 Å². The van der Waals surface area contributed by atoms with Gasteiger partial charge in [-0.25, -0.2) is 4.79 Å². The van der Waals surface area contributed by atoms with E-state index in [0.717, 1.165) is 0 Å². The van der Waals surface area contributed by atoms with Gasteiger partial charge in [-0.2, -0.15) is 0 Å². The number of hydrogen-bond donors (Lipinski definition) is 3. The molecule has 104 valence electrons. The van der Waals surface area contributed by atoms with E-state index in [-0.39, 0.29) is 17.2 Å². The van der Waals surface area contributed by atoms with Crippen molar-refractivity contribution < 1.29 is 19.8 Å². The molecule has 2 atom stereocenters. The molecule has 0 aliphatic carbocycles. The lowest BCUT2D eigenvalue weighted by atomic mass is 9.99. The van der Waals surface area contributed by atoms with E-state index in [9.17, 15) is 14.7 Å². The molecule has 0 spiro atoms. The van der Waals surface area contributed by atoms with Gasteiger partial charge in [-0.15, -0.1) is 0 Å². The largest absolute Gasteiger partial charge is 0.507 e. The molecule has 1 amide bonds. The molecule has 0 aromatic heterocycles. The number of carbonyl (C=O) groups excluding carboxylic acids is 1. The van der Waals surface area contributed by atoms with E-state index in [1.165, 1.54) is 12.1 Å². The molecule has 0 saturated carbocycles. The van der Waals surface area contributed by atoms with Crippen molar-refractivity contribution in [3.05, 3.63) is 28.2 Å². The van der Waals surface area contributed by atoms with Crippen molar-refractivity contribution >= 4 is 27.8 Å². The maximum atomic E-state index is 12.0. The minimum Gasteiger partial charge on any atom is -0.507 e. The number of amides is 1. The van der Waals surface area contributed by atoms with Gasteiger partial charge in [0.05, 0.1) is 5.56 Å². The first kappa shape index (κ1) is 15.5. The predicted molar refractivity (Wildman–Crippen MR) is 74.2 cm³/mol. The van der Waals surface area contributed by atoms with Gasteiger partial charge in [0.25, 0.3) is 5.91 Å². The number of carboxylic acid groups (broad SMARTS) is 1. The Morgan fingerprint density at radius 3 is 2.53 bits per heavy atom. The Bertz CT molecular complexity index is 490. The van der Waals surface area contributed by atoms with Gasteiger partial charge in [0, 0.05) is 4.47 Å². The number of phenols is 1. The van der Waals surface area contributed by atoms with Crippen LogP contribution in [0.25, 0.3) is 0 Å². The summed E-state index contributed by atoms with van der Waals surface area (Å²) in [6.45, 7) is 3.60. The maximum Gasteiger partial charge on any atom is 0.326 e. The minimum atomic E-state index is -1.08. The molecule has 1 aromatic rings. The average molecular weight is 330 g/mol. The molecule has 19 heavy (non-hydrogen) atoms. The molecule has 0 saturated heterocycles. The highest BCUT2D eigenvalue weighted by Gasteiger charge is 2.26. The van der Waals surface area contributed by atoms with Crippen LogP contribution in [0.5, 0.6) is 5.75 Å². The molecule has 0 bridgehead atoms. The molecule has 0 radical (unpaired) electrons. The van der Waals surface area contributed by atoms with Gasteiger partial charge in [0.2, 0.25) is 0 Å². The smallest absolute Gasteiger partial charge is 0.326 e. The third-order valence-corrected chi connectivity index (χ3v) is 3.46. The summed E-state index contributed by atoms with van der Waals surface area (Å²) < 4.78 is 0.637. The molecule has 0 aliphatic rings. The monoisotopic (exact) mass is 329 g/mol. The standard InChI is InChI=1S/C13H16BrNO4/c1-3-7(2)11(13(18)19)15-12(17)9-5-4-8(14)6-10(9)16/h4-7,11,16H,3H2,1-2H3,(H,15,17)(H,18,19)/t7?,11-/m0/s1. The summed E-state index contributed by atoms with van der Waals surface area (Å²) in [5, 5.41) is 21.2. The third-order valence-electron chi connectivity index (χ3n) is 2.97. The maximum absolute atomic E-state index is 12.0. The highest BCUT2D eigenvalue weighted by atomic mass is 79.9. The molecule has 0 heterocycles. The number of rotatable bonds is 5. The molecule has 5 nitrogen and oxygen atoms in total. The number of benzene rings is 1. The van der Waals surface area contributed by atoms with Gasteiger partial charge in [0.1, 0.15) is 11.8 Å². The van der Waals surface area contributed by atoms with Crippen LogP contribution in [0.3, 0.4) is 0 Å². The SMILES string of the molecule is CCC(C)[C@H](NC(=O)c1ccc(Br)cc1O)C(=O)O. The van der Waals surface area contributed by atoms with Crippen molar-refractivity contribution in [2.24, 2.45) is 5.92 Å². The van der Waals surface area contributed by atoms with Crippen molar-refractivity contribution in [1.29, 1.82) is 0 Å². The van der Waals surface area contributed by atoms with Crippen LogP contribution >= 0.6 is 15.9 Å². The third kappa shape index (κ3) is 3.96. The first-order chi connectivity index (χ1) is 8.86. The fourth-order valence-corrected chi connectivity index (χ4v) is 1.95. The molecule has 1 aromatic carbocycles. The summed E-state index contributed by atoms with van der Waals surface area (Å²) in [6.07, 6.45) is 0.629. The minimum absolute atomic E-state index is 0.0535. The second kappa shape index (κ2) is 6.56. The summed E-state index contributed by atoms with van der Waals surface area (Å²) >= 11 is 3.17. The summed E-state index contributed by atoms with van der Waals surface area (Å²) in [7, 11) is 0. The zero-order valence-corrected chi connectivity index (χ0v) is 12.3. The number of aromatic hydroxyl groups is 1. The van der Waals surface area contributed by atoms with E-state index in [2.05, 4.69) is 21.2 Å². The lowest BCUT2D eigenvalue weighted by Gasteiger charge is -2.20. The van der Waals surface area contributed by atoms with Gasteiger partial charge in [-0.3, -0.25) is 4.79 Å². The van der Waals surface area contributed by atoms with Crippen LogP contribution in [0, 0.1) is 5.92 Å². The zero-order valence-electron chi connectivity index (χ0n) is 10.7. The predicted octanol–water partition coefficient (Wildman–Crippen LogP) is 2.38. The Kier molecular flexibility index (Phi) is 5.35. The van der Waals surface area contributed by atoms with E-state index in [1.54, 1.807) is 13.0 Å². The van der Waals surface area contributed by atoms with Crippen LogP contribution in [-0.2, 0) is 4.79 Å². The Balaban J connectivity index is 2.91. The first-order valence-electron chi connectivity index (χ1n) is 5.89. The molecule has 0 fully saturated rings. The van der Waals surface area contributed by atoms with Gasteiger partial charge < -0.3 is 15.5 Å². The normalized spacial score (nSPS) is 13.6. The fourth-order valence-electron chi connectivity index (χ4n) is 1.60.